The summed E-state index contributed by atoms with van der Waals surface area (Å²) in [5.74, 6) is 0.504. The third kappa shape index (κ3) is 5.61. The maximum absolute atomic E-state index is 12.3. The highest BCUT2D eigenvalue weighted by Crippen LogP contribution is 2.26. The Kier molecular flexibility index (Phi) is 7.90. The third-order valence-electron chi connectivity index (χ3n) is 4.94. The topological polar surface area (TPSA) is 55.1 Å². The summed E-state index contributed by atoms with van der Waals surface area (Å²) in [7, 11) is 0. The normalized spacial score (nSPS) is 24.1. The van der Waals surface area contributed by atoms with E-state index < -0.39 is 0 Å². The highest BCUT2D eigenvalue weighted by atomic mass is 35.5. The van der Waals surface area contributed by atoms with Crippen molar-refractivity contribution in [2.24, 2.45) is 11.7 Å². The molecular formula is C16H31ClN2O. The Hall–Kier alpha value is -0.280. The van der Waals surface area contributed by atoms with E-state index in [0.29, 0.717) is 6.54 Å². The van der Waals surface area contributed by atoms with Crippen LogP contribution in [0, 0.1) is 5.92 Å². The first-order chi connectivity index (χ1) is 9.20. The summed E-state index contributed by atoms with van der Waals surface area (Å²) >= 11 is 0. The number of nitrogens with one attached hydrogen (secondary N) is 1. The van der Waals surface area contributed by atoms with Crippen molar-refractivity contribution >= 4 is 18.3 Å². The van der Waals surface area contributed by atoms with Crippen LogP contribution in [0.4, 0.5) is 0 Å². The van der Waals surface area contributed by atoms with Crippen LogP contribution in [0.3, 0.4) is 0 Å². The minimum Gasteiger partial charge on any atom is -0.354 e. The van der Waals surface area contributed by atoms with Crippen molar-refractivity contribution in [3.8, 4) is 0 Å². The number of hydrogen-bond acceptors (Lipinski definition) is 2. The number of halogens is 1. The van der Waals surface area contributed by atoms with Gasteiger partial charge in [0.2, 0.25) is 5.91 Å². The number of carbonyl (C=O) groups is 1. The number of amides is 1. The fraction of sp³-hybridized carbons (Fsp3) is 0.938. The van der Waals surface area contributed by atoms with E-state index in [1.807, 2.05) is 0 Å². The first-order valence-electron chi connectivity index (χ1n) is 8.26. The maximum Gasteiger partial charge on any atom is 0.223 e. The van der Waals surface area contributed by atoms with Gasteiger partial charge >= 0.3 is 0 Å². The molecule has 0 heterocycles. The summed E-state index contributed by atoms with van der Waals surface area (Å²) in [5, 5.41) is 3.15. The van der Waals surface area contributed by atoms with Crippen LogP contribution in [0.5, 0.6) is 0 Å². The fourth-order valence-electron chi connectivity index (χ4n) is 3.56. The van der Waals surface area contributed by atoms with Gasteiger partial charge in [-0.2, -0.15) is 0 Å². The molecule has 1 amide bonds. The first kappa shape index (κ1) is 17.8. The molecule has 2 rings (SSSR count). The molecule has 0 aromatic heterocycles. The first-order valence-corrected chi connectivity index (χ1v) is 8.26. The Morgan fingerprint density at radius 2 is 1.45 bits per heavy atom. The molecule has 4 heteroatoms. The molecule has 0 unspecified atom stereocenters. The largest absolute Gasteiger partial charge is 0.354 e. The van der Waals surface area contributed by atoms with Gasteiger partial charge in [-0.15, -0.1) is 12.4 Å². The van der Waals surface area contributed by atoms with Crippen LogP contribution in [-0.4, -0.2) is 18.0 Å². The molecule has 0 aromatic carbocycles. The van der Waals surface area contributed by atoms with Crippen molar-refractivity contribution in [2.45, 2.75) is 82.6 Å². The molecule has 0 aliphatic heterocycles. The minimum absolute atomic E-state index is 0. The summed E-state index contributed by atoms with van der Waals surface area (Å²) in [4.78, 5) is 12.3. The molecule has 0 saturated heterocycles. The van der Waals surface area contributed by atoms with Gasteiger partial charge < -0.3 is 11.1 Å². The van der Waals surface area contributed by atoms with Crippen LogP contribution in [0.15, 0.2) is 0 Å². The van der Waals surface area contributed by atoms with Crippen molar-refractivity contribution in [2.75, 3.05) is 6.54 Å². The lowest BCUT2D eigenvalue weighted by Gasteiger charge is -2.34. The molecule has 118 valence electrons. The monoisotopic (exact) mass is 302 g/mol. The minimum atomic E-state index is -0.129. The second-order valence-electron chi connectivity index (χ2n) is 6.68. The van der Waals surface area contributed by atoms with E-state index in [1.54, 1.807) is 0 Å². The Bertz CT molecular complexity index is 282. The molecule has 2 fully saturated rings. The van der Waals surface area contributed by atoms with Gasteiger partial charge in [0.05, 0.1) is 0 Å². The van der Waals surface area contributed by atoms with Crippen LogP contribution < -0.4 is 11.1 Å². The molecule has 2 saturated carbocycles. The average Bonchev–Trinajstić information content (AvgIpc) is 2.37. The van der Waals surface area contributed by atoms with Gasteiger partial charge in [-0.3, -0.25) is 4.79 Å². The van der Waals surface area contributed by atoms with Gasteiger partial charge in [0.15, 0.2) is 0 Å². The van der Waals surface area contributed by atoms with Gasteiger partial charge in [0.25, 0.3) is 0 Å². The zero-order chi connectivity index (χ0) is 13.6. The number of rotatable bonds is 3. The molecule has 3 N–H and O–H groups in total. The van der Waals surface area contributed by atoms with Crippen LogP contribution in [0.1, 0.15) is 77.0 Å². The van der Waals surface area contributed by atoms with Gasteiger partial charge in [0.1, 0.15) is 0 Å². The second-order valence-corrected chi connectivity index (χ2v) is 6.68. The number of hydrogen-bond donors (Lipinski definition) is 2. The summed E-state index contributed by atoms with van der Waals surface area (Å²) < 4.78 is 0. The Morgan fingerprint density at radius 3 is 2.05 bits per heavy atom. The Morgan fingerprint density at radius 1 is 0.950 bits per heavy atom. The lowest BCUT2D eigenvalue weighted by molar-refractivity contribution is -0.126. The van der Waals surface area contributed by atoms with E-state index in [1.165, 1.54) is 51.4 Å². The zero-order valence-electron chi connectivity index (χ0n) is 12.7. The van der Waals surface area contributed by atoms with Crippen LogP contribution in [-0.2, 0) is 4.79 Å². The van der Waals surface area contributed by atoms with E-state index in [4.69, 9.17) is 5.73 Å². The smallest absolute Gasteiger partial charge is 0.223 e. The molecule has 0 aromatic rings. The van der Waals surface area contributed by atoms with Gasteiger partial charge in [-0.1, -0.05) is 51.4 Å². The predicted molar refractivity (Wildman–Crippen MR) is 86.1 cm³/mol. The summed E-state index contributed by atoms with van der Waals surface area (Å²) in [6.45, 7) is 0.683. The lowest BCUT2D eigenvalue weighted by atomic mass is 9.82. The molecule has 0 spiro atoms. The van der Waals surface area contributed by atoms with Crippen molar-refractivity contribution < 1.29 is 4.79 Å². The maximum atomic E-state index is 12.3. The highest BCUT2D eigenvalue weighted by molar-refractivity contribution is 5.85. The van der Waals surface area contributed by atoms with Crippen LogP contribution in [0.2, 0.25) is 0 Å². The van der Waals surface area contributed by atoms with Crippen molar-refractivity contribution in [3.63, 3.8) is 0 Å². The molecule has 20 heavy (non-hydrogen) atoms. The quantitative estimate of drug-likeness (QED) is 0.837. The molecule has 3 nitrogen and oxygen atoms in total. The van der Waals surface area contributed by atoms with E-state index in [2.05, 4.69) is 5.32 Å². The van der Waals surface area contributed by atoms with Gasteiger partial charge in [-0.25, -0.2) is 0 Å². The summed E-state index contributed by atoms with van der Waals surface area (Å²) in [6, 6.07) is 0. The average molecular weight is 303 g/mol. The molecule has 2 aliphatic carbocycles. The molecule has 0 bridgehead atoms. The number of nitrogens with two attached hydrogens (primary N) is 1. The highest BCUT2D eigenvalue weighted by Gasteiger charge is 2.29. The molecule has 0 atom stereocenters. The second kappa shape index (κ2) is 8.89. The SMILES string of the molecule is Cl.NC1(CNC(=O)C2CCCCCCC2)CCCCC1. The van der Waals surface area contributed by atoms with Crippen molar-refractivity contribution in [3.05, 3.63) is 0 Å². The molecular weight excluding hydrogens is 272 g/mol. The molecule has 0 radical (unpaired) electrons. The van der Waals surface area contributed by atoms with E-state index in [9.17, 15) is 4.79 Å². The van der Waals surface area contributed by atoms with Gasteiger partial charge in [-0.05, 0) is 25.7 Å². The standard InChI is InChI=1S/C16H30N2O.ClH/c17-16(11-7-4-8-12-16)13-18-15(19)14-9-5-2-1-3-6-10-14;/h14H,1-13,17H2,(H,18,19);1H. The van der Waals surface area contributed by atoms with Gasteiger partial charge in [0, 0.05) is 18.0 Å². The summed E-state index contributed by atoms with van der Waals surface area (Å²) in [6.07, 6.45) is 14.4. The van der Waals surface area contributed by atoms with Crippen molar-refractivity contribution in [1.82, 2.24) is 5.32 Å². The molecule has 2 aliphatic rings. The Labute approximate surface area is 129 Å². The van der Waals surface area contributed by atoms with Crippen LogP contribution >= 0.6 is 12.4 Å². The lowest BCUT2D eigenvalue weighted by Crippen LogP contribution is -2.52. The third-order valence-corrected chi connectivity index (χ3v) is 4.94. The fourth-order valence-corrected chi connectivity index (χ4v) is 3.56. The zero-order valence-corrected chi connectivity index (χ0v) is 13.5. The Balaban J connectivity index is 0.00000200. The number of carbonyl (C=O) groups excluding carboxylic acids is 1. The van der Waals surface area contributed by atoms with E-state index in [-0.39, 0.29) is 29.8 Å². The van der Waals surface area contributed by atoms with E-state index in [0.717, 1.165) is 25.7 Å². The predicted octanol–water partition coefficient (Wildman–Crippen LogP) is 3.55. The summed E-state index contributed by atoms with van der Waals surface area (Å²) in [5.41, 5.74) is 6.25. The van der Waals surface area contributed by atoms with Crippen molar-refractivity contribution in [1.29, 1.82) is 0 Å². The van der Waals surface area contributed by atoms with E-state index >= 15 is 0 Å². The van der Waals surface area contributed by atoms with Crippen LogP contribution in [0.25, 0.3) is 0 Å².